The minimum Gasteiger partial charge on any atom is -0.343 e. The molecule has 8 nitrogen and oxygen atoms in total. The molecule has 0 heterocycles. The van der Waals surface area contributed by atoms with Crippen LogP contribution in [0.4, 0.5) is 0 Å². The average Bonchev–Trinajstić information content (AvgIpc) is 2.64. The predicted molar refractivity (Wildman–Crippen MR) is 112 cm³/mol. The number of hydrogen-bond donors (Lipinski definition) is 2. The second-order valence-electron chi connectivity index (χ2n) is 6.86. The predicted octanol–water partition coefficient (Wildman–Crippen LogP) is 3.86. The fourth-order valence-corrected chi connectivity index (χ4v) is 2.49. The quantitative estimate of drug-likeness (QED) is 0.211. The van der Waals surface area contributed by atoms with Gasteiger partial charge in [-0.05, 0) is 26.7 Å². The van der Waals surface area contributed by atoms with Gasteiger partial charge in [0.15, 0.2) is 0 Å². The zero-order chi connectivity index (χ0) is 21.0. The van der Waals surface area contributed by atoms with Crippen LogP contribution in [0.1, 0.15) is 91.9 Å². The van der Waals surface area contributed by atoms with Crippen molar-refractivity contribution in [2.75, 3.05) is 13.1 Å². The van der Waals surface area contributed by atoms with Crippen LogP contribution < -0.4 is 11.0 Å². The first-order valence-corrected chi connectivity index (χ1v) is 10.3. The SMILES string of the molecule is CC(=O)ONC(C)=NCCCCCCCCCCCCN=C(C)NOC(C)=O. The van der Waals surface area contributed by atoms with Crippen LogP contribution in [0.3, 0.4) is 0 Å². The van der Waals surface area contributed by atoms with Crippen LogP contribution in [0, 0.1) is 0 Å². The first-order chi connectivity index (χ1) is 13.4. The van der Waals surface area contributed by atoms with Crippen molar-refractivity contribution in [2.24, 2.45) is 9.98 Å². The molecule has 0 amide bonds. The maximum absolute atomic E-state index is 10.6. The van der Waals surface area contributed by atoms with Crippen molar-refractivity contribution in [1.82, 2.24) is 11.0 Å². The molecule has 0 saturated carbocycles. The molecule has 0 unspecified atom stereocenters. The number of hydroxylamine groups is 2. The average molecular weight is 399 g/mol. The fraction of sp³-hybridized carbons (Fsp3) is 0.800. The standard InChI is InChI=1S/C20H38N4O4/c1-17(23-27-19(3)25)21-15-13-11-9-7-5-6-8-10-12-14-16-22-18(2)24-28-20(4)26/h5-16H2,1-4H3,(H,21,23)(H,22,24). The van der Waals surface area contributed by atoms with E-state index >= 15 is 0 Å². The molecule has 0 rings (SSSR count). The third kappa shape index (κ3) is 20.2. The van der Waals surface area contributed by atoms with Gasteiger partial charge in [0.25, 0.3) is 0 Å². The van der Waals surface area contributed by atoms with Gasteiger partial charge in [0.1, 0.15) is 11.7 Å². The summed E-state index contributed by atoms with van der Waals surface area (Å²) >= 11 is 0. The van der Waals surface area contributed by atoms with Crippen molar-refractivity contribution in [3.05, 3.63) is 0 Å². The number of hydrogen-bond acceptors (Lipinski definition) is 6. The van der Waals surface area contributed by atoms with Gasteiger partial charge in [-0.3, -0.25) is 19.6 Å². The van der Waals surface area contributed by atoms with E-state index in [2.05, 4.69) is 30.6 Å². The highest BCUT2D eigenvalue weighted by molar-refractivity contribution is 5.80. The summed E-state index contributed by atoms with van der Waals surface area (Å²) in [6.45, 7) is 7.80. The molecule has 28 heavy (non-hydrogen) atoms. The summed E-state index contributed by atoms with van der Waals surface area (Å²) in [7, 11) is 0. The Labute approximate surface area is 169 Å². The molecule has 162 valence electrons. The molecule has 0 radical (unpaired) electrons. The van der Waals surface area contributed by atoms with E-state index in [-0.39, 0.29) is 11.9 Å². The van der Waals surface area contributed by atoms with Crippen molar-refractivity contribution < 1.29 is 19.3 Å². The van der Waals surface area contributed by atoms with Crippen LogP contribution in [0.2, 0.25) is 0 Å². The minimum absolute atomic E-state index is 0.369. The lowest BCUT2D eigenvalue weighted by Crippen LogP contribution is -2.23. The number of nitrogens with one attached hydrogen (secondary N) is 2. The number of carbonyl (C=O) groups excluding carboxylic acids is 2. The lowest BCUT2D eigenvalue weighted by atomic mass is 10.1. The highest BCUT2D eigenvalue weighted by Gasteiger charge is 1.96. The van der Waals surface area contributed by atoms with Crippen LogP contribution in [0.25, 0.3) is 0 Å². The Kier molecular flexibility index (Phi) is 16.9. The molecule has 2 N–H and O–H groups in total. The van der Waals surface area contributed by atoms with Crippen molar-refractivity contribution in [3.8, 4) is 0 Å². The van der Waals surface area contributed by atoms with Crippen LogP contribution in [0.5, 0.6) is 0 Å². The van der Waals surface area contributed by atoms with Crippen LogP contribution in [-0.4, -0.2) is 36.7 Å². The van der Waals surface area contributed by atoms with Crippen LogP contribution in [-0.2, 0) is 19.3 Å². The third-order valence-corrected chi connectivity index (χ3v) is 3.95. The van der Waals surface area contributed by atoms with Crippen LogP contribution >= 0.6 is 0 Å². The van der Waals surface area contributed by atoms with E-state index in [0.29, 0.717) is 11.7 Å². The summed E-state index contributed by atoms with van der Waals surface area (Å²) in [6.07, 6.45) is 12.1. The Bertz CT molecular complexity index is 449. The first-order valence-electron chi connectivity index (χ1n) is 10.3. The molecule has 0 bridgehead atoms. The molecule has 8 heteroatoms. The van der Waals surface area contributed by atoms with Gasteiger partial charge >= 0.3 is 11.9 Å². The fourth-order valence-electron chi connectivity index (χ4n) is 2.49. The normalized spacial score (nSPS) is 11.9. The van der Waals surface area contributed by atoms with Crippen molar-refractivity contribution in [3.63, 3.8) is 0 Å². The van der Waals surface area contributed by atoms with Gasteiger partial charge in [0.2, 0.25) is 0 Å². The number of carbonyl (C=O) groups is 2. The highest BCUT2D eigenvalue weighted by Crippen LogP contribution is 2.10. The maximum atomic E-state index is 10.6. The van der Waals surface area contributed by atoms with Gasteiger partial charge in [-0.15, -0.1) is 0 Å². The Morgan fingerprint density at radius 2 is 0.857 bits per heavy atom. The molecule has 0 atom stereocenters. The van der Waals surface area contributed by atoms with Gasteiger partial charge in [0.05, 0.1) is 0 Å². The molecular formula is C20H38N4O4. The monoisotopic (exact) mass is 398 g/mol. The van der Waals surface area contributed by atoms with Gasteiger partial charge < -0.3 is 9.68 Å². The van der Waals surface area contributed by atoms with E-state index in [1.54, 1.807) is 13.8 Å². The first kappa shape index (κ1) is 25.9. The Hall–Kier alpha value is -2.12. The zero-order valence-electron chi connectivity index (χ0n) is 18.0. The molecule has 0 aromatic rings. The number of rotatable bonds is 13. The highest BCUT2D eigenvalue weighted by atomic mass is 16.7. The Balaban J connectivity index is 3.33. The second kappa shape index (κ2) is 18.3. The molecule has 0 aliphatic carbocycles. The number of amidine groups is 2. The van der Waals surface area contributed by atoms with Gasteiger partial charge in [-0.2, -0.15) is 0 Å². The summed E-state index contributed by atoms with van der Waals surface area (Å²) in [6, 6.07) is 0. The lowest BCUT2D eigenvalue weighted by molar-refractivity contribution is -0.145. The second-order valence-corrected chi connectivity index (χ2v) is 6.86. The Morgan fingerprint density at radius 1 is 0.571 bits per heavy atom. The van der Waals surface area contributed by atoms with Gasteiger partial charge in [0, 0.05) is 26.9 Å². The van der Waals surface area contributed by atoms with E-state index in [9.17, 15) is 9.59 Å². The van der Waals surface area contributed by atoms with Crippen LogP contribution in [0.15, 0.2) is 9.98 Å². The summed E-state index contributed by atoms with van der Waals surface area (Å²) in [5, 5.41) is 0. The van der Waals surface area contributed by atoms with Gasteiger partial charge in [-0.1, -0.05) is 51.4 Å². The van der Waals surface area contributed by atoms with E-state index in [0.717, 1.165) is 25.9 Å². The molecule has 0 fully saturated rings. The topological polar surface area (TPSA) is 101 Å². The Morgan fingerprint density at radius 3 is 1.14 bits per heavy atom. The minimum atomic E-state index is -0.369. The van der Waals surface area contributed by atoms with E-state index in [1.165, 1.54) is 65.2 Å². The molecular weight excluding hydrogens is 360 g/mol. The van der Waals surface area contributed by atoms with Crippen molar-refractivity contribution >= 4 is 23.6 Å². The number of nitrogens with zero attached hydrogens (tertiary/aromatic N) is 2. The summed E-state index contributed by atoms with van der Waals surface area (Å²) < 4.78 is 0. The number of aliphatic imine (C=N–C) groups is 2. The third-order valence-electron chi connectivity index (χ3n) is 3.95. The molecule has 0 aromatic heterocycles. The lowest BCUT2D eigenvalue weighted by Gasteiger charge is -2.04. The summed E-state index contributed by atoms with van der Waals surface area (Å²) in [4.78, 5) is 39.2. The molecule has 0 spiro atoms. The molecule has 0 saturated heterocycles. The molecule has 0 aliphatic rings. The molecule has 0 aromatic carbocycles. The summed E-state index contributed by atoms with van der Waals surface area (Å²) in [5.41, 5.74) is 5.03. The van der Waals surface area contributed by atoms with E-state index in [1.807, 2.05) is 0 Å². The van der Waals surface area contributed by atoms with E-state index in [4.69, 9.17) is 0 Å². The van der Waals surface area contributed by atoms with E-state index < -0.39 is 0 Å². The zero-order valence-corrected chi connectivity index (χ0v) is 18.0. The summed E-state index contributed by atoms with van der Waals surface area (Å²) in [5.74, 6) is 0.534. The van der Waals surface area contributed by atoms with Crippen molar-refractivity contribution in [1.29, 1.82) is 0 Å². The van der Waals surface area contributed by atoms with Gasteiger partial charge in [-0.25, -0.2) is 11.0 Å². The maximum Gasteiger partial charge on any atom is 0.329 e. The number of unbranched alkanes of at least 4 members (excludes halogenated alkanes) is 9. The van der Waals surface area contributed by atoms with Crippen molar-refractivity contribution in [2.45, 2.75) is 91.9 Å². The smallest absolute Gasteiger partial charge is 0.329 e. The largest absolute Gasteiger partial charge is 0.343 e. The molecule has 0 aliphatic heterocycles.